The molecule has 1 heterocycles. The van der Waals surface area contributed by atoms with E-state index in [0.717, 1.165) is 12.0 Å². The monoisotopic (exact) mass is 484 g/mol. The smallest absolute Gasteiger partial charge is 0.191 e. The van der Waals surface area contributed by atoms with Crippen LogP contribution in [-0.2, 0) is 10.8 Å². The lowest BCUT2D eigenvalue weighted by atomic mass is 10.0. The van der Waals surface area contributed by atoms with Gasteiger partial charge in [0.1, 0.15) is 0 Å². The molecule has 25 heavy (non-hydrogen) atoms. The first-order valence-corrected chi connectivity index (χ1v) is 10.8. The highest BCUT2D eigenvalue weighted by atomic mass is 127. The third kappa shape index (κ3) is 7.71. The van der Waals surface area contributed by atoms with Crippen LogP contribution in [0.5, 0.6) is 0 Å². The molecule has 2 N–H and O–H groups in total. The van der Waals surface area contributed by atoms with Gasteiger partial charge >= 0.3 is 0 Å². The Kier molecular flexibility index (Phi) is 10.2. The van der Waals surface area contributed by atoms with Crippen molar-refractivity contribution in [3.63, 3.8) is 0 Å². The molecule has 0 radical (unpaired) electrons. The lowest BCUT2D eigenvalue weighted by molar-refractivity contribution is 0.150. The van der Waals surface area contributed by atoms with Gasteiger partial charge in [-0.15, -0.1) is 24.0 Å². The van der Waals surface area contributed by atoms with Gasteiger partial charge in [-0.1, -0.05) is 12.8 Å². The van der Waals surface area contributed by atoms with Gasteiger partial charge in [-0.25, -0.2) is 0 Å². The lowest BCUT2D eigenvalue weighted by Crippen LogP contribution is -2.50. The summed E-state index contributed by atoms with van der Waals surface area (Å²) in [5.74, 6) is 1.50. The van der Waals surface area contributed by atoms with Gasteiger partial charge in [0.05, 0.1) is 0 Å². The van der Waals surface area contributed by atoms with Gasteiger partial charge in [-0.2, -0.15) is 0 Å². The fourth-order valence-electron chi connectivity index (χ4n) is 3.63. The molecule has 1 aliphatic carbocycles. The maximum absolute atomic E-state index is 12.1. The summed E-state index contributed by atoms with van der Waals surface area (Å²) < 4.78 is 11.9. The van der Waals surface area contributed by atoms with E-state index in [9.17, 15) is 4.21 Å². The van der Waals surface area contributed by atoms with Crippen molar-refractivity contribution in [2.24, 2.45) is 4.99 Å². The third-order valence-corrected chi connectivity index (χ3v) is 7.14. The number of aliphatic imine (C=N–C) groups is 1. The molecule has 1 atom stereocenters. The van der Waals surface area contributed by atoms with Gasteiger partial charge in [0.15, 0.2) is 5.96 Å². The highest BCUT2D eigenvalue weighted by Gasteiger charge is 2.27. The zero-order valence-electron chi connectivity index (χ0n) is 16.3. The molecule has 5 nitrogen and oxygen atoms in total. The molecule has 0 aromatic rings. The van der Waals surface area contributed by atoms with E-state index < -0.39 is 10.8 Å². The molecule has 7 heteroatoms. The number of hydrogen-bond donors (Lipinski definition) is 2. The third-order valence-electron chi connectivity index (χ3n) is 5.20. The Morgan fingerprint density at radius 3 is 2.28 bits per heavy atom. The predicted octanol–water partition coefficient (Wildman–Crippen LogP) is 2.72. The standard InChI is InChI=1S/C18H36N4OS.HI/c1-18(2,3)24(23)14-11-20-17(19-4)21-15-9-12-22(13-10-15)16-7-5-6-8-16;/h15-16H,5-14H2,1-4H3,(H2,19,20,21);1H. The molecule has 0 amide bonds. The van der Waals surface area contributed by atoms with Crippen molar-refractivity contribution in [2.75, 3.05) is 32.4 Å². The van der Waals surface area contributed by atoms with Crippen LogP contribution >= 0.6 is 24.0 Å². The zero-order valence-corrected chi connectivity index (χ0v) is 19.5. The maximum Gasteiger partial charge on any atom is 0.191 e. The Morgan fingerprint density at radius 2 is 1.76 bits per heavy atom. The number of piperidine rings is 1. The molecule has 1 saturated heterocycles. The van der Waals surface area contributed by atoms with Gasteiger partial charge in [0, 0.05) is 60.1 Å². The van der Waals surface area contributed by atoms with E-state index >= 15 is 0 Å². The van der Waals surface area contributed by atoms with E-state index in [1.165, 1.54) is 51.6 Å². The van der Waals surface area contributed by atoms with Crippen molar-refractivity contribution < 1.29 is 4.21 Å². The normalized spacial score (nSPS) is 22.5. The molecule has 1 aliphatic heterocycles. The van der Waals surface area contributed by atoms with Crippen LogP contribution in [0.1, 0.15) is 59.3 Å². The summed E-state index contributed by atoms with van der Waals surface area (Å²) in [6.45, 7) is 9.17. The molecular weight excluding hydrogens is 447 g/mol. The van der Waals surface area contributed by atoms with Crippen molar-refractivity contribution in [2.45, 2.75) is 76.1 Å². The van der Waals surface area contributed by atoms with E-state index in [1.54, 1.807) is 0 Å². The van der Waals surface area contributed by atoms with Gasteiger partial charge < -0.3 is 15.5 Å². The molecule has 148 valence electrons. The van der Waals surface area contributed by atoms with Gasteiger partial charge in [-0.3, -0.25) is 9.20 Å². The van der Waals surface area contributed by atoms with Gasteiger partial charge in [0.2, 0.25) is 0 Å². The molecule has 2 rings (SSSR count). The number of guanidine groups is 1. The fraction of sp³-hybridized carbons (Fsp3) is 0.944. The quantitative estimate of drug-likeness (QED) is 0.358. The van der Waals surface area contributed by atoms with Crippen molar-refractivity contribution in [1.82, 2.24) is 15.5 Å². The Bertz CT molecular complexity index is 439. The largest absolute Gasteiger partial charge is 0.355 e. The second kappa shape index (κ2) is 11.1. The Balaban J connectivity index is 0.00000312. The average molecular weight is 484 g/mol. The van der Waals surface area contributed by atoms with Crippen molar-refractivity contribution in [1.29, 1.82) is 0 Å². The summed E-state index contributed by atoms with van der Waals surface area (Å²) in [5, 5.41) is 6.86. The van der Waals surface area contributed by atoms with Crippen LogP contribution < -0.4 is 10.6 Å². The second-order valence-corrected chi connectivity index (χ2v) is 10.4. The Labute approximate surface area is 173 Å². The van der Waals surface area contributed by atoms with Crippen LogP contribution in [0, 0.1) is 0 Å². The van der Waals surface area contributed by atoms with E-state index in [4.69, 9.17) is 0 Å². The number of halogens is 1. The van der Waals surface area contributed by atoms with Crippen LogP contribution in [0.15, 0.2) is 4.99 Å². The highest BCUT2D eigenvalue weighted by Crippen LogP contribution is 2.26. The minimum Gasteiger partial charge on any atom is -0.355 e. The Hall–Kier alpha value is 0.110. The maximum atomic E-state index is 12.1. The second-order valence-electron chi connectivity index (χ2n) is 8.05. The van der Waals surface area contributed by atoms with Crippen LogP contribution in [0.25, 0.3) is 0 Å². The number of likely N-dealkylation sites (tertiary alicyclic amines) is 1. The lowest BCUT2D eigenvalue weighted by Gasteiger charge is -2.36. The van der Waals surface area contributed by atoms with Crippen molar-refractivity contribution in [3.8, 4) is 0 Å². The fourth-order valence-corrected chi connectivity index (χ4v) is 4.53. The molecule has 0 spiro atoms. The summed E-state index contributed by atoms with van der Waals surface area (Å²) in [6, 6.07) is 1.35. The van der Waals surface area contributed by atoms with Crippen LogP contribution in [-0.4, -0.2) is 64.3 Å². The minimum absolute atomic E-state index is 0. The van der Waals surface area contributed by atoms with Crippen molar-refractivity contribution >= 4 is 40.7 Å². The molecule has 1 unspecified atom stereocenters. The SMILES string of the molecule is CN=C(NCCS(=O)C(C)(C)C)NC1CCN(C2CCCC2)CC1.I. The van der Waals surface area contributed by atoms with E-state index in [0.29, 0.717) is 18.3 Å². The van der Waals surface area contributed by atoms with Crippen LogP contribution in [0.2, 0.25) is 0 Å². The summed E-state index contributed by atoms with van der Waals surface area (Å²) in [4.78, 5) is 7.01. The van der Waals surface area contributed by atoms with E-state index in [2.05, 4.69) is 20.5 Å². The molecule has 1 saturated carbocycles. The summed E-state index contributed by atoms with van der Waals surface area (Å²) in [6.07, 6.45) is 7.99. The molecular formula is C18H37IN4OS. The first-order valence-electron chi connectivity index (χ1n) is 9.50. The molecule has 2 aliphatic rings. The number of hydrogen-bond acceptors (Lipinski definition) is 3. The van der Waals surface area contributed by atoms with E-state index in [-0.39, 0.29) is 28.7 Å². The first-order chi connectivity index (χ1) is 11.4. The van der Waals surface area contributed by atoms with Gasteiger partial charge in [0.25, 0.3) is 0 Å². The topological polar surface area (TPSA) is 56.7 Å². The predicted molar refractivity (Wildman–Crippen MR) is 120 cm³/mol. The summed E-state index contributed by atoms with van der Waals surface area (Å²) >= 11 is 0. The highest BCUT2D eigenvalue weighted by molar-refractivity contribution is 14.0. The summed E-state index contributed by atoms with van der Waals surface area (Å²) in [5.41, 5.74) is 0. The van der Waals surface area contributed by atoms with Crippen LogP contribution in [0.4, 0.5) is 0 Å². The average Bonchev–Trinajstić information content (AvgIpc) is 3.08. The van der Waals surface area contributed by atoms with Crippen LogP contribution in [0.3, 0.4) is 0 Å². The summed E-state index contributed by atoms with van der Waals surface area (Å²) in [7, 11) is 0.988. The number of nitrogens with one attached hydrogen (secondary N) is 2. The number of nitrogens with zero attached hydrogens (tertiary/aromatic N) is 2. The number of rotatable bonds is 5. The molecule has 2 fully saturated rings. The van der Waals surface area contributed by atoms with Crippen molar-refractivity contribution in [3.05, 3.63) is 0 Å². The Morgan fingerprint density at radius 1 is 1.16 bits per heavy atom. The minimum atomic E-state index is -0.821. The molecule has 0 aromatic heterocycles. The first kappa shape index (κ1) is 23.1. The molecule has 0 bridgehead atoms. The van der Waals surface area contributed by atoms with E-state index in [1.807, 2.05) is 27.8 Å². The van der Waals surface area contributed by atoms with Gasteiger partial charge in [-0.05, 0) is 46.5 Å². The molecule has 0 aromatic carbocycles. The zero-order chi connectivity index (χ0) is 17.6.